The van der Waals surface area contributed by atoms with Crippen LogP contribution in [0, 0.1) is 0 Å². The Morgan fingerprint density at radius 2 is 1.58 bits per heavy atom. The molecule has 0 aliphatic carbocycles. The van der Waals surface area contributed by atoms with Gasteiger partial charge in [0, 0.05) is 13.1 Å². The Morgan fingerprint density at radius 1 is 0.958 bits per heavy atom. The zero-order chi connectivity index (χ0) is 17.4. The third-order valence-corrected chi connectivity index (χ3v) is 3.67. The van der Waals surface area contributed by atoms with Gasteiger partial charge in [0.05, 0.1) is 21.3 Å². The van der Waals surface area contributed by atoms with Crippen molar-refractivity contribution in [2.45, 2.75) is 13.5 Å². The average Bonchev–Trinajstić information content (AvgIpc) is 2.61. The minimum absolute atomic E-state index is 0.615. The SMILES string of the molecule is COc1cc(CNC/C(C)=C/c2ccccc2)cc(OC)c1OC. The lowest BCUT2D eigenvalue weighted by Crippen LogP contribution is -2.15. The summed E-state index contributed by atoms with van der Waals surface area (Å²) in [6.07, 6.45) is 2.18. The van der Waals surface area contributed by atoms with Crippen molar-refractivity contribution in [3.8, 4) is 17.2 Å². The van der Waals surface area contributed by atoms with E-state index in [4.69, 9.17) is 14.2 Å². The third-order valence-electron chi connectivity index (χ3n) is 3.67. The van der Waals surface area contributed by atoms with Gasteiger partial charge in [0.15, 0.2) is 11.5 Å². The first-order valence-electron chi connectivity index (χ1n) is 7.89. The molecule has 0 heterocycles. The van der Waals surface area contributed by atoms with Crippen LogP contribution in [0.15, 0.2) is 48.0 Å². The van der Waals surface area contributed by atoms with Crippen LogP contribution in [-0.2, 0) is 6.54 Å². The molecule has 0 atom stereocenters. The summed E-state index contributed by atoms with van der Waals surface area (Å²) in [7, 11) is 4.86. The number of nitrogens with one attached hydrogen (secondary N) is 1. The fourth-order valence-electron chi connectivity index (χ4n) is 2.53. The second-order valence-electron chi connectivity index (χ2n) is 5.54. The summed E-state index contributed by atoms with van der Waals surface area (Å²) in [6, 6.07) is 14.2. The second kappa shape index (κ2) is 8.99. The zero-order valence-corrected chi connectivity index (χ0v) is 14.8. The van der Waals surface area contributed by atoms with Crippen molar-refractivity contribution < 1.29 is 14.2 Å². The molecule has 0 unspecified atom stereocenters. The molecule has 0 saturated heterocycles. The maximum atomic E-state index is 5.38. The number of hydrogen-bond donors (Lipinski definition) is 1. The molecule has 2 aromatic rings. The largest absolute Gasteiger partial charge is 0.493 e. The Labute approximate surface area is 144 Å². The van der Waals surface area contributed by atoms with Gasteiger partial charge in [-0.3, -0.25) is 0 Å². The van der Waals surface area contributed by atoms with Crippen LogP contribution in [0.1, 0.15) is 18.1 Å². The summed E-state index contributed by atoms with van der Waals surface area (Å²) in [5.41, 5.74) is 3.57. The molecule has 0 bridgehead atoms. The van der Waals surface area contributed by atoms with E-state index >= 15 is 0 Å². The van der Waals surface area contributed by atoms with E-state index in [-0.39, 0.29) is 0 Å². The maximum absolute atomic E-state index is 5.38. The zero-order valence-electron chi connectivity index (χ0n) is 14.8. The van der Waals surface area contributed by atoms with E-state index in [1.54, 1.807) is 21.3 Å². The molecular formula is C20H25NO3. The minimum atomic E-state index is 0.615. The lowest BCUT2D eigenvalue weighted by molar-refractivity contribution is 0.323. The van der Waals surface area contributed by atoms with Crippen LogP contribution >= 0.6 is 0 Å². The van der Waals surface area contributed by atoms with Crippen molar-refractivity contribution in [3.63, 3.8) is 0 Å². The number of ether oxygens (including phenoxy) is 3. The maximum Gasteiger partial charge on any atom is 0.203 e. The van der Waals surface area contributed by atoms with Crippen LogP contribution in [-0.4, -0.2) is 27.9 Å². The highest BCUT2D eigenvalue weighted by atomic mass is 16.5. The highest BCUT2D eigenvalue weighted by Crippen LogP contribution is 2.38. The van der Waals surface area contributed by atoms with Gasteiger partial charge in [0.2, 0.25) is 5.75 Å². The monoisotopic (exact) mass is 327 g/mol. The summed E-state index contributed by atoms with van der Waals surface area (Å²) in [5, 5.41) is 3.44. The van der Waals surface area contributed by atoms with Gasteiger partial charge in [0.25, 0.3) is 0 Å². The lowest BCUT2D eigenvalue weighted by Gasteiger charge is -2.14. The molecule has 24 heavy (non-hydrogen) atoms. The third kappa shape index (κ3) is 4.77. The van der Waals surface area contributed by atoms with Gasteiger partial charge >= 0.3 is 0 Å². The van der Waals surface area contributed by atoms with Crippen molar-refractivity contribution in [2.75, 3.05) is 27.9 Å². The summed E-state index contributed by atoms with van der Waals surface area (Å²) in [4.78, 5) is 0. The van der Waals surface area contributed by atoms with Crippen molar-refractivity contribution in [1.29, 1.82) is 0 Å². The predicted molar refractivity (Wildman–Crippen MR) is 97.9 cm³/mol. The van der Waals surface area contributed by atoms with Crippen LogP contribution in [0.2, 0.25) is 0 Å². The molecule has 2 rings (SSSR count). The lowest BCUT2D eigenvalue weighted by atomic mass is 10.1. The minimum Gasteiger partial charge on any atom is -0.493 e. The summed E-state index contributed by atoms with van der Waals surface area (Å²) in [5.74, 6) is 1.96. The molecule has 0 aromatic heterocycles. The molecule has 0 radical (unpaired) electrons. The van der Waals surface area contributed by atoms with Crippen molar-refractivity contribution in [3.05, 3.63) is 59.2 Å². The molecule has 4 nitrogen and oxygen atoms in total. The van der Waals surface area contributed by atoms with E-state index in [2.05, 4.69) is 30.4 Å². The van der Waals surface area contributed by atoms with E-state index in [1.165, 1.54) is 11.1 Å². The Kier molecular flexibility index (Phi) is 6.70. The van der Waals surface area contributed by atoms with E-state index in [0.29, 0.717) is 17.2 Å². The normalized spacial score (nSPS) is 11.2. The Bertz CT molecular complexity index is 656. The number of hydrogen-bond acceptors (Lipinski definition) is 4. The van der Waals surface area contributed by atoms with Gasteiger partial charge in [-0.25, -0.2) is 0 Å². The number of methoxy groups -OCH3 is 3. The van der Waals surface area contributed by atoms with Crippen LogP contribution < -0.4 is 19.5 Å². The van der Waals surface area contributed by atoms with Gasteiger partial charge in [-0.1, -0.05) is 42.0 Å². The summed E-state index contributed by atoms with van der Waals surface area (Å²) >= 11 is 0. The molecule has 0 amide bonds. The van der Waals surface area contributed by atoms with E-state index in [1.807, 2.05) is 30.3 Å². The van der Waals surface area contributed by atoms with Crippen LogP contribution in [0.4, 0.5) is 0 Å². The van der Waals surface area contributed by atoms with Gasteiger partial charge in [-0.2, -0.15) is 0 Å². The second-order valence-corrected chi connectivity index (χ2v) is 5.54. The Balaban J connectivity index is 2.00. The van der Waals surface area contributed by atoms with Gasteiger partial charge in [-0.15, -0.1) is 0 Å². The van der Waals surface area contributed by atoms with Gasteiger partial charge in [0.1, 0.15) is 0 Å². The van der Waals surface area contributed by atoms with Crippen molar-refractivity contribution in [1.82, 2.24) is 5.32 Å². The fourth-order valence-corrected chi connectivity index (χ4v) is 2.53. The van der Waals surface area contributed by atoms with Gasteiger partial charge < -0.3 is 19.5 Å². The highest BCUT2D eigenvalue weighted by molar-refractivity contribution is 5.54. The molecule has 4 heteroatoms. The predicted octanol–water partition coefficient (Wildman–Crippen LogP) is 3.91. The first kappa shape index (κ1) is 17.9. The van der Waals surface area contributed by atoms with E-state index in [9.17, 15) is 0 Å². The van der Waals surface area contributed by atoms with Crippen LogP contribution in [0.3, 0.4) is 0 Å². The number of rotatable bonds is 8. The molecule has 0 aliphatic rings. The molecule has 0 spiro atoms. The van der Waals surface area contributed by atoms with E-state index < -0.39 is 0 Å². The molecule has 2 aromatic carbocycles. The first-order valence-corrected chi connectivity index (χ1v) is 7.89. The fraction of sp³-hybridized carbons (Fsp3) is 0.300. The Hall–Kier alpha value is -2.46. The quantitative estimate of drug-likeness (QED) is 0.798. The van der Waals surface area contributed by atoms with Crippen molar-refractivity contribution in [2.24, 2.45) is 0 Å². The van der Waals surface area contributed by atoms with Crippen molar-refractivity contribution >= 4 is 6.08 Å². The molecule has 0 fully saturated rings. The molecule has 0 aliphatic heterocycles. The topological polar surface area (TPSA) is 39.7 Å². The van der Waals surface area contributed by atoms with E-state index in [0.717, 1.165) is 18.7 Å². The number of benzene rings is 2. The summed E-state index contributed by atoms with van der Waals surface area (Å²) < 4.78 is 16.1. The Morgan fingerprint density at radius 3 is 2.12 bits per heavy atom. The first-order chi connectivity index (χ1) is 11.7. The average molecular weight is 327 g/mol. The molecule has 128 valence electrons. The highest BCUT2D eigenvalue weighted by Gasteiger charge is 2.12. The smallest absolute Gasteiger partial charge is 0.203 e. The molecule has 1 N–H and O–H groups in total. The standard InChI is InChI=1S/C20H25NO3/c1-15(10-16-8-6-5-7-9-16)13-21-14-17-11-18(22-2)20(24-4)19(12-17)23-3/h5-12,21H,13-14H2,1-4H3/b15-10+. The van der Waals surface area contributed by atoms with Crippen LogP contribution in [0.5, 0.6) is 17.2 Å². The summed E-state index contributed by atoms with van der Waals surface area (Å²) in [6.45, 7) is 3.65. The molecule has 0 saturated carbocycles. The van der Waals surface area contributed by atoms with Gasteiger partial charge in [-0.05, 0) is 30.2 Å². The molecular weight excluding hydrogens is 302 g/mol. The van der Waals surface area contributed by atoms with Crippen LogP contribution in [0.25, 0.3) is 6.08 Å².